The lowest BCUT2D eigenvalue weighted by Crippen LogP contribution is -2.43. The minimum Gasteiger partial charge on any atom is -0.319 e. The Kier molecular flexibility index (Phi) is 4.29. The second kappa shape index (κ2) is 6.00. The van der Waals surface area contributed by atoms with Gasteiger partial charge in [0.05, 0.1) is 0 Å². The molecule has 0 spiro atoms. The summed E-state index contributed by atoms with van der Waals surface area (Å²) in [7, 11) is 1.99. The van der Waals surface area contributed by atoms with E-state index < -0.39 is 0 Å². The maximum absolute atomic E-state index is 13.7. The molecule has 1 aromatic rings. The SMILES string of the molecule is CNCC1CCCN(C2CC2)C1c1cc(F)cc(Cl)c1. The fraction of sp³-hybridized carbons (Fsp3) is 0.625. The van der Waals surface area contributed by atoms with Crippen molar-refractivity contribution in [2.75, 3.05) is 20.1 Å². The largest absolute Gasteiger partial charge is 0.319 e. The van der Waals surface area contributed by atoms with Crippen LogP contribution in [0.15, 0.2) is 18.2 Å². The van der Waals surface area contributed by atoms with Gasteiger partial charge in [-0.2, -0.15) is 0 Å². The standard InChI is InChI=1S/C16H22ClFN2/c1-19-10-11-3-2-6-20(15-4-5-15)16(11)12-7-13(17)9-14(18)8-12/h7-9,11,15-16,19H,2-6,10H2,1H3. The van der Waals surface area contributed by atoms with E-state index in [1.807, 2.05) is 13.1 Å². The van der Waals surface area contributed by atoms with E-state index in [0.29, 0.717) is 23.0 Å². The molecule has 0 bridgehead atoms. The molecule has 1 saturated heterocycles. The number of benzene rings is 1. The van der Waals surface area contributed by atoms with Crippen molar-refractivity contribution < 1.29 is 4.39 Å². The van der Waals surface area contributed by atoms with Crippen molar-refractivity contribution in [2.24, 2.45) is 5.92 Å². The van der Waals surface area contributed by atoms with E-state index in [1.54, 1.807) is 6.07 Å². The second-order valence-corrected chi connectivity index (χ2v) is 6.51. The summed E-state index contributed by atoms with van der Waals surface area (Å²) in [5, 5.41) is 3.80. The van der Waals surface area contributed by atoms with Crippen LogP contribution in [-0.2, 0) is 0 Å². The summed E-state index contributed by atoms with van der Waals surface area (Å²) in [5.74, 6) is 0.309. The molecule has 4 heteroatoms. The number of hydrogen-bond donors (Lipinski definition) is 1. The number of likely N-dealkylation sites (tertiary alicyclic amines) is 1. The van der Waals surface area contributed by atoms with Gasteiger partial charge in [-0.15, -0.1) is 0 Å². The van der Waals surface area contributed by atoms with Crippen molar-refractivity contribution in [3.05, 3.63) is 34.6 Å². The fourth-order valence-electron chi connectivity index (χ4n) is 3.61. The predicted molar refractivity (Wildman–Crippen MR) is 80.5 cm³/mol. The third kappa shape index (κ3) is 3.00. The van der Waals surface area contributed by atoms with Crippen LogP contribution in [0.4, 0.5) is 4.39 Å². The van der Waals surface area contributed by atoms with E-state index in [1.165, 1.54) is 31.7 Å². The molecule has 3 rings (SSSR count). The molecule has 20 heavy (non-hydrogen) atoms. The first-order chi connectivity index (χ1) is 9.69. The Bertz CT molecular complexity index is 453. The molecule has 1 heterocycles. The number of nitrogens with one attached hydrogen (secondary N) is 1. The molecule has 0 amide bonds. The van der Waals surface area contributed by atoms with Crippen LogP contribution in [0.2, 0.25) is 5.02 Å². The van der Waals surface area contributed by atoms with Gasteiger partial charge in [0.2, 0.25) is 0 Å². The normalized spacial score (nSPS) is 27.8. The maximum Gasteiger partial charge on any atom is 0.125 e. The summed E-state index contributed by atoms with van der Waals surface area (Å²) in [6.45, 7) is 2.10. The zero-order valence-corrected chi connectivity index (χ0v) is 12.7. The first kappa shape index (κ1) is 14.3. The van der Waals surface area contributed by atoms with Crippen LogP contribution in [0.25, 0.3) is 0 Å². The van der Waals surface area contributed by atoms with Crippen molar-refractivity contribution in [1.82, 2.24) is 10.2 Å². The smallest absolute Gasteiger partial charge is 0.125 e. The molecule has 2 aliphatic rings. The molecule has 110 valence electrons. The highest BCUT2D eigenvalue weighted by molar-refractivity contribution is 6.30. The number of hydrogen-bond acceptors (Lipinski definition) is 2. The summed E-state index contributed by atoms with van der Waals surface area (Å²) in [4.78, 5) is 2.58. The average Bonchev–Trinajstić information content (AvgIpc) is 3.22. The summed E-state index contributed by atoms with van der Waals surface area (Å²) < 4.78 is 13.7. The summed E-state index contributed by atoms with van der Waals surface area (Å²) in [6, 6.07) is 6.00. The van der Waals surface area contributed by atoms with Crippen molar-refractivity contribution >= 4 is 11.6 Å². The van der Waals surface area contributed by atoms with Crippen LogP contribution in [0.1, 0.15) is 37.3 Å². The monoisotopic (exact) mass is 296 g/mol. The van der Waals surface area contributed by atoms with Crippen LogP contribution in [0.5, 0.6) is 0 Å². The number of rotatable bonds is 4. The Morgan fingerprint density at radius 2 is 2.10 bits per heavy atom. The van der Waals surface area contributed by atoms with Gasteiger partial charge in [-0.1, -0.05) is 11.6 Å². The molecular weight excluding hydrogens is 275 g/mol. The summed E-state index contributed by atoms with van der Waals surface area (Å²) in [6.07, 6.45) is 5.00. The lowest BCUT2D eigenvalue weighted by Gasteiger charge is -2.42. The molecule has 0 radical (unpaired) electrons. The molecule has 2 atom stereocenters. The molecule has 1 saturated carbocycles. The van der Waals surface area contributed by atoms with E-state index >= 15 is 0 Å². The van der Waals surface area contributed by atoms with Crippen LogP contribution >= 0.6 is 11.6 Å². The Morgan fingerprint density at radius 3 is 2.75 bits per heavy atom. The van der Waals surface area contributed by atoms with Gasteiger partial charge in [0, 0.05) is 17.1 Å². The van der Waals surface area contributed by atoms with Gasteiger partial charge in [-0.05, 0) is 75.5 Å². The van der Waals surface area contributed by atoms with Crippen molar-refractivity contribution in [1.29, 1.82) is 0 Å². The molecule has 1 aliphatic carbocycles. The Hall–Kier alpha value is -0.640. The Morgan fingerprint density at radius 1 is 1.30 bits per heavy atom. The maximum atomic E-state index is 13.7. The van der Waals surface area contributed by atoms with E-state index in [0.717, 1.165) is 18.7 Å². The minimum absolute atomic E-state index is 0.225. The molecule has 0 aromatic heterocycles. The minimum atomic E-state index is -0.225. The Balaban J connectivity index is 1.93. The third-order valence-electron chi connectivity index (χ3n) is 4.50. The molecule has 2 fully saturated rings. The quantitative estimate of drug-likeness (QED) is 0.913. The van der Waals surface area contributed by atoms with Crippen molar-refractivity contribution in [3.8, 4) is 0 Å². The van der Waals surface area contributed by atoms with Crippen molar-refractivity contribution in [2.45, 2.75) is 37.8 Å². The highest BCUT2D eigenvalue weighted by atomic mass is 35.5. The van der Waals surface area contributed by atoms with Gasteiger partial charge in [0.25, 0.3) is 0 Å². The van der Waals surface area contributed by atoms with Gasteiger partial charge in [0.1, 0.15) is 5.82 Å². The molecule has 1 N–H and O–H groups in total. The lowest BCUT2D eigenvalue weighted by atomic mass is 9.84. The van der Waals surface area contributed by atoms with E-state index in [9.17, 15) is 4.39 Å². The first-order valence-corrected chi connectivity index (χ1v) is 7.93. The van der Waals surface area contributed by atoms with Crippen LogP contribution in [-0.4, -0.2) is 31.1 Å². The van der Waals surface area contributed by atoms with E-state index in [-0.39, 0.29) is 5.82 Å². The zero-order valence-electron chi connectivity index (χ0n) is 11.9. The van der Waals surface area contributed by atoms with Crippen molar-refractivity contribution in [3.63, 3.8) is 0 Å². The lowest BCUT2D eigenvalue weighted by molar-refractivity contribution is 0.0843. The van der Waals surface area contributed by atoms with Gasteiger partial charge >= 0.3 is 0 Å². The van der Waals surface area contributed by atoms with Gasteiger partial charge < -0.3 is 5.32 Å². The van der Waals surface area contributed by atoms with Crippen LogP contribution in [0.3, 0.4) is 0 Å². The molecule has 1 aliphatic heterocycles. The van der Waals surface area contributed by atoms with Gasteiger partial charge in [-0.25, -0.2) is 4.39 Å². The summed E-state index contributed by atoms with van der Waals surface area (Å²) in [5.41, 5.74) is 1.04. The molecule has 1 aromatic carbocycles. The third-order valence-corrected chi connectivity index (χ3v) is 4.72. The van der Waals surface area contributed by atoms with E-state index in [2.05, 4.69) is 10.2 Å². The van der Waals surface area contributed by atoms with Gasteiger partial charge in [-0.3, -0.25) is 4.90 Å². The highest BCUT2D eigenvalue weighted by Crippen LogP contribution is 2.43. The first-order valence-electron chi connectivity index (χ1n) is 7.55. The van der Waals surface area contributed by atoms with E-state index in [4.69, 9.17) is 11.6 Å². The topological polar surface area (TPSA) is 15.3 Å². The van der Waals surface area contributed by atoms with Crippen LogP contribution in [0, 0.1) is 11.7 Å². The zero-order chi connectivity index (χ0) is 14.1. The number of halogens is 2. The Labute approximate surface area is 125 Å². The molecular formula is C16H22ClFN2. The summed E-state index contributed by atoms with van der Waals surface area (Å²) >= 11 is 6.06. The highest BCUT2D eigenvalue weighted by Gasteiger charge is 2.40. The molecule has 2 nitrogen and oxygen atoms in total. The van der Waals surface area contributed by atoms with Crippen LogP contribution < -0.4 is 5.32 Å². The molecule has 2 unspecified atom stereocenters. The average molecular weight is 297 g/mol. The fourth-order valence-corrected chi connectivity index (χ4v) is 3.84. The van der Waals surface area contributed by atoms with Gasteiger partial charge in [0.15, 0.2) is 0 Å². The number of piperidine rings is 1. The second-order valence-electron chi connectivity index (χ2n) is 6.08. The number of nitrogens with zero attached hydrogens (tertiary/aromatic N) is 1. The predicted octanol–water partition coefficient (Wildman–Crippen LogP) is 3.61.